The zero-order chi connectivity index (χ0) is 22.9. The third kappa shape index (κ3) is 3.74. The molecule has 1 aliphatic rings. The lowest BCUT2D eigenvalue weighted by atomic mass is 9.91. The molecular weight excluding hydrogens is 412 g/mol. The van der Waals surface area contributed by atoms with E-state index in [1.807, 2.05) is 12.1 Å². The van der Waals surface area contributed by atoms with Gasteiger partial charge in [-0.2, -0.15) is 0 Å². The summed E-state index contributed by atoms with van der Waals surface area (Å²) in [5, 5.41) is 8.89. The molecule has 0 bridgehead atoms. The fourth-order valence-electron chi connectivity index (χ4n) is 4.98. The molecule has 0 radical (unpaired) electrons. The van der Waals surface area contributed by atoms with Gasteiger partial charge in [0, 0.05) is 11.4 Å². The molecule has 0 aromatic heterocycles. The molecule has 1 atom stereocenters. The van der Waals surface area contributed by atoms with Gasteiger partial charge in [0.1, 0.15) is 0 Å². The first kappa shape index (κ1) is 20.3. The number of fused-ring (bicyclic) bond motifs is 3. The van der Waals surface area contributed by atoms with Crippen LogP contribution in [-0.4, -0.2) is 6.04 Å². The highest BCUT2D eigenvalue weighted by Gasteiger charge is 2.17. The van der Waals surface area contributed by atoms with Gasteiger partial charge in [0.05, 0.1) is 6.04 Å². The van der Waals surface area contributed by atoms with Crippen LogP contribution in [0.15, 0.2) is 121 Å². The van der Waals surface area contributed by atoms with Crippen molar-refractivity contribution in [2.24, 2.45) is 0 Å². The van der Waals surface area contributed by atoms with Crippen LogP contribution in [0.2, 0.25) is 0 Å². The summed E-state index contributed by atoms with van der Waals surface area (Å²) < 4.78 is 0. The van der Waals surface area contributed by atoms with Crippen molar-refractivity contribution in [3.63, 3.8) is 0 Å². The van der Waals surface area contributed by atoms with Crippen LogP contribution >= 0.6 is 0 Å². The Hall–Kier alpha value is -4.30. The third-order valence-corrected chi connectivity index (χ3v) is 6.71. The van der Waals surface area contributed by atoms with Gasteiger partial charge in [-0.3, -0.25) is 0 Å². The molecular formula is C32H26N2. The molecule has 6 rings (SSSR count). The van der Waals surface area contributed by atoms with Crippen molar-refractivity contribution in [3.05, 3.63) is 127 Å². The van der Waals surface area contributed by atoms with Crippen LogP contribution < -0.4 is 11.1 Å². The maximum Gasteiger partial charge on any atom is 0.0554 e. The zero-order valence-corrected chi connectivity index (χ0v) is 18.9. The Morgan fingerprint density at radius 1 is 0.676 bits per heavy atom. The van der Waals surface area contributed by atoms with Crippen molar-refractivity contribution in [3.8, 4) is 11.1 Å². The lowest BCUT2D eigenvalue weighted by molar-refractivity contribution is 0.902. The van der Waals surface area contributed by atoms with Crippen molar-refractivity contribution < 1.29 is 0 Å². The first-order valence-electron chi connectivity index (χ1n) is 11.8. The number of hydrogen-bond acceptors (Lipinski definition) is 2. The SMILES string of the molecule is Nc1ccc(C2=CC=CCC2Nc2ccc(-c3cc4ccccc4c4ccccc34)cc2)cc1. The molecule has 3 N–H and O–H groups in total. The van der Waals surface area contributed by atoms with Crippen LogP contribution in [-0.2, 0) is 0 Å². The Bertz CT molecular complexity index is 1540. The highest BCUT2D eigenvalue weighted by Crippen LogP contribution is 2.35. The minimum atomic E-state index is 0.223. The summed E-state index contributed by atoms with van der Waals surface area (Å²) >= 11 is 0. The molecule has 0 amide bonds. The molecule has 5 aromatic rings. The molecule has 0 saturated carbocycles. The Labute approximate surface area is 200 Å². The minimum absolute atomic E-state index is 0.223. The zero-order valence-electron chi connectivity index (χ0n) is 18.9. The number of nitrogens with two attached hydrogens (primary N) is 1. The fourth-order valence-corrected chi connectivity index (χ4v) is 4.98. The Balaban J connectivity index is 1.32. The van der Waals surface area contributed by atoms with Crippen LogP contribution in [0.5, 0.6) is 0 Å². The van der Waals surface area contributed by atoms with Gasteiger partial charge in [-0.15, -0.1) is 0 Å². The summed E-state index contributed by atoms with van der Waals surface area (Å²) in [6.07, 6.45) is 7.50. The second kappa shape index (κ2) is 8.57. The first-order valence-corrected chi connectivity index (χ1v) is 11.8. The number of anilines is 2. The molecule has 0 aliphatic heterocycles. The van der Waals surface area contributed by atoms with Gasteiger partial charge >= 0.3 is 0 Å². The number of nitrogen functional groups attached to an aromatic ring is 1. The number of rotatable bonds is 4. The van der Waals surface area contributed by atoms with Crippen LogP contribution in [0.4, 0.5) is 11.4 Å². The Kier molecular flexibility index (Phi) is 5.12. The van der Waals surface area contributed by atoms with Crippen molar-refractivity contribution in [1.82, 2.24) is 0 Å². The number of benzene rings is 5. The molecule has 2 heteroatoms. The van der Waals surface area contributed by atoms with E-state index in [4.69, 9.17) is 5.73 Å². The summed E-state index contributed by atoms with van der Waals surface area (Å²) in [4.78, 5) is 0. The van der Waals surface area contributed by atoms with Gasteiger partial charge in [-0.1, -0.05) is 91.0 Å². The predicted molar refractivity (Wildman–Crippen MR) is 147 cm³/mol. The highest BCUT2D eigenvalue weighted by molar-refractivity contribution is 6.13. The lowest BCUT2D eigenvalue weighted by Crippen LogP contribution is -2.22. The molecule has 34 heavy (non-hydrogen) atoms. The van der Waals surface area contributed by atoms with Gasteiger partial charge < -0.3 is 11.1 Å². The van der Waals surface area contributed by atoms with E-state index in [9.17, 15) is 0 Å². The van der Waals surface area contributed by atoms with E-state index in [2.05, 4.69) is 115 Å². The normalized spacial score (nSPS) is 15.4. The number of hydrogen-bond donors (Lipinski definition) is 2. The highest BCUT2D eigenvalue weighted by atomic mass is 14.9. The second-order valence-electron chi connectivity index (χ2n) is 8.87. The summed E-state index contributed by atoms with van der Waals surface area (Å²) in [6, 6.07) is 36.8. The molecule has 1 unspecified atom stereocenters. The van der Waals surface area contributed by atoms with Crippen LogP contribution in [0, 0.1) is 0 Å². The van der Waals surface area contributed by atoms with Gasteiger partial charge in [0.15, 0.2) is 0 Å². The molecule has 0 saturated heterocycles. The largest absolute Gasteiger partial charge is 0.399 e. The Morgan fingerprint density at radius 3 is 2.15 bits per heavy atom. The van der Waals surface area contributed by atoms with Gasteiger partial charge in [-0.25, -0.2) is 0 Å². The van der Waals surface area contributed by atoms with E-state index in [1.165, 1.54) is 43.8 Å². The summed E-state index contributed by atoms with van der Waals surface area (Å²) in [7, 11) is 0. The topological polar surface area (TPSA) is 38.0 Å². The van der Waals surface area contributed by atoms with Gasteiger partial charge in [-0.05, 0) is 80.6 Å². The van der Waals surface area contributed by atoms with E-state index in [0.717, 1.165) is 17.8 Å². The van der Waals surface area contributed by atoms with Crippen molar-refractivity contribution in [1.29, 1.82) is 0 Å². The van der Waals surface area contributed by atoms with Crippen molar-refractivity contribution >= 4 is 38.5 Å². The van der Waals surface area contributed by atoms with Crippen molar-refractivity contribution in [2.45, 2.75) is 12.5 Å². The fraction of sp³-hybridized carbons (Fsp3) is 0.0625. The smallest absolute Gasteiger partial charge is 0.0554 e. The maximum absolute atomic E-state index is 5.89. The molecule has 164 valence electrons. The van der Waals surface area contributed by atoms with E-state index < -0.39 is 0 Å². The summed E-state index contributed by atoms with van der Waals surface area (Å²) in [6.45, 7) is 0. The van der Waals surface area contributed by atoms with E-state index in [0.29, 0.717) is 0 Å². The summed E-state index contributed by atoms with van der Waals surface area (Å²) in [5.41, 5.74) is 12.8. The average Bonchev–Trinajstić information content (AvgIpc) is 2.90. The second-order valence-corrected chi connectivity index (χ2v) is 8.87. The molecule has 0 spiro atoms. The van der Waals surface area contributed by atoms with Gasteiger partial charge in [0.25, 0.3) is 0 Å². The van der Waals surface area contributed by atoms with Crippen LogP contribution in [0.1, 0.15) is 12.0 Å². The van der Waals surface area contributed by atoms with Crippen molar-refractivity contribution in [2.75, 3.05) is 11.1 Å². The third-order valence-electron chi connectivity index (χ3n) is 6.71. The molecule has 5 aromatic carbocycles. The van der Waals surface area contributed by atoms with E-state index >= 15 is 0 Å². The average molecular weight is 439 g/mol. The lowest BCUT2D eigenvalue weighted by Gasteiger charge is -2.24. The number of nitrogens with one attached hydrogen (secondary N) is 1. The molecule has 0 heterocycles. The van der Waals surface area contributed by atoms with Gasteiger partial charge in [0.2, 0.25) is 0 Å². The maximum atomic E-state index is 5.89. The quantitative estimate of drug-likeness (QED) is 0.220. The summed E-state index contributed by atoms with van der Waals surface area (Å²) in [5.74, 6) is 0. The molecule has 0 fully saturated rings. The first-order chi connectivity index (χ1) is 16.8. The standard InChI is InChI=1S/C32H26N2/c33-25-17-13-22(14-18-25)28-9-5-6-12-32(28)34-26-19-15-23(16-20-26)31-21-24-7-1-2-8-27(24)29-10-3-4-11-30(29)31/h1-11,13-21,32,34H,12,33H2. The molecule has 2 nitrogen and oxygen atoms in total. The predicted octanol–water partition coefficient (Wildman–Crippen LogP) is 8.07. The monoisotopic (exact) mass is 438 g/mol. The van der Waals surface area contributed by atoms with Crippen LogP contribution in [0.3, 0.4) is 0 Å². The molecule has 1 aliphatic carbocycles. The Morgan fingerprint density at radius 2 is 1.35 bits per heavy atom. The van der Waals surface area contributed by atoms with E-state index in [1.54, 1.807) is 0 Å². The van der Waals surface area contributed by atoms with Crippen LogP contribution in [0.25, 0.3) is 38.2 Å². The number of allylic oxidation sites excluding steroid dienone is 2. The van der Waals surface area contributed by atoms with E-state index in [-0.39, 0.29) is 6.04 Å². The minimum Gasteiger partial charge on any atom is -0.399 e.